The lowest BCUT2D eigenvalue weighted by atomic mass is 9.82. The zero-order valence-corrected chi connectivity index (χ0v) is 10.8. The first-order chi connectivity index (χ1) is 7.57. The van der Waals surface area contributed by atoms with Crippen LogP contribution in [-0.2, 0) is 4.74 Å². The van der Waals surface area contributed by atoms with E-state index in [-0.39, 0.29) is 5.41 Å². The number of nitriles is 1. The van der Waals surface area contributed by atoms with Crippen molar-refractivity contribution in [3.05, 3.63) is 0 Å². The minimum Gasteiger partial charge on any atom is -0.378 e. The maximum atomic E-state index is 8.86. The van der Waals surface area contributed by atoms with E-state index in [0.717, 1.165) is 31.9 Å². The van der Waals surface area contributed by atoms with Crippen molar-refractivity contribution in [2.24, 2.45) is 11.3 Å². The molecule has 0 radical (unpaired) electrons. The van der Waals surface area contributed by atoms with E-state index in [4.69, 9.17) is 10.00 Å². The number of nitrogens with one attached hydrogen (secondary N) is 1. The molecule has 0 spiro atoms. The summed E-state index contributed by atoms with van der Waals surface area (Å²) < 4.78 is 5.76. The summed E-state index contributed by atoms with van der Waals surface area (Å²) in [5, 5.41) is 12.0. The zero-order valence-electron chi connectivity index (χ0n) is 10.8. The molecule has 1 fully saturated rings. The Kier molecular flexibility index (Phi) is 5.24. The van der Waals surface area contributed by atoms with E-state index in [0.29, 0.717) is 6.10 Å². The molecule has 3 heteroatoms. The Hall–Kier alpha value is -0.590. The second kappa shape index (κ2) is 6.22. The van der Waals surface area contributed by atoms with Gasteiger partial charge in [-0.05, 0) is 59.0 Å². The van der Waals surface area contributed by atoms with Crippen molar-refractivity contribution in [2.45, 2.75) is 45.6 Å². The molecule has 1 saturated carbocycles. The van der Waals surface area contributed by atoms with Crippen LogP contribution in [0.5, 0.6) is 0 Å². The van der Waals surface area contributed by atoms with Gasteiger partial charge < -0.3 is 10.1 Å². The van der Waals surface area contributed by atoms with E-state index in [9.17, 15) is 0 Å². The van der Waals surface area contributed by atoms with Crippen LogP contribution in [0.4, 0.5) is 0 Å². The summed E-state index contributed by atoms with van der Waals surface area (Å²) in [7, 11) is 2.00. The van der Waals surface area contributed by atoms with Gasteiger partial charge in [-0.25, -0.2) is 0 Å². The van der Waals surface area contributed by atoms with E-state index in [2.05, 4.69) is 11.4 Å². The topological polar surface area (TPSA) is 45.0 Å². The van der Waals surface area contributed by atoms with Gasteiger partial charge in [-0.15, -0.1) is 0 Å². The first kappa shape index (κ1) is 13.5. The Labute approximate surface area is 99.2 Å². The monoisotopic (exact) mass is 224 g/mol. The van der Waals surface area contributed by atoms with Crippen LogP contribution in [0.1, 0.15) is 39.5 Å². The summed E-state index contributed by atoms with van der Waals surface area (Å²) in [6, 6.07) is 2.32. The summed E-state index contributed by atoms with van der Waals surface area (Å²) in [6.07, 6.45) is 4.79. The SMILES string of the molecule is CNCC1CC(OCCCC(C)(C)C#N)C1. The van der Waals surface area contributed by atoms with Gasteiger partial charge in [0.15, 0.2) is 0 Å². The third-order valence-electron chi connectivity index (χ3n) is 3.29. The first-order valence-corrected chi connectivity index (χ1v) is 6.25. The predicted octanol–water partition coefficient (Wildman–Crippen LogP) is 2.33. The van der Waals surface area contributed by atoms with Gasteiger partial charge in [0.25, 0.3) is 0 Å². The smallest absolute Gasteiger partial charge is 0.0683 e. The molecule has 1 rings (SSSR count). The van der Waals surface area contributed by atoms with Gasteiger partial charge in [-0.2, -0.15) is 5.26 Å². The molecular formula is C13H24N2O. The molecule has 0 aromatic heterocycles. The Morgan fingerprint density at radius 1 is 1.44 bits per heavy atom. The summed E-state index contributed by atoms with van der Waals surface area (Å²) in [5.74, 6) is 0.811. The summed E-state index contributed by atoms with van der Waals surface area (Å²) in [6.45, 7) is 5.89. The molecule has 16 heavy (non-hydrogen) atoms. The molecular weight excluding hydrogens is 200 g/mol. The van der Waals surface area contributed by atoms with Gasteiger partial charge in [0.1, 0.15) is 0 Å². The molecule has 0 aromatic rings. The lowest BCUT2D eigenvalue weighted by Crippen LogP contribution is -2.37. The lowest BCUT2D eigenvalue weighted by molar-refractivity contribution is -0.0319. The highest BCUT2D eigenvalue weighted by Gasteiger charge is 2.29. The highest BCUT2D eigenvalue weighted by Crippen LogP contribution is 2.30. The Morgan fingerprint density at radius 2 is 2.12 bits per heavy atom. The van der Waals surface area contributed by atoms with Crippen molar-refractivity contribution in [2.75, 3.05) is 20.2 Å². The van der Waals surface area contributed by atoms with Crippen molar-refractivity contribution in [3.8, 4) is 6.07 Å². The second-order valence-corrected chi connectivity index (χ2v) is 5.49. The van der Waals surface area contributed by atoms with E-state index in [1.54, 1.807) is 0 Å². The Bertz CT molecular complexity index is 239. The van der Waals surface area contributed by atoms with Gasteiger partial charge in [0.2, 0.25) is 0 Å². The van der Waals surface area contributed by atoms with Gasteiger partial charge in [-0.1, -0.05) is 0 Å². The van der Waals surface area contributed by atoms with Gasteiger partial charge in [0, 0.05) is 6.61 Å². The average molecular weight is 224 g/mol. The highest BCUT2D eigenvalue weighted by molar-refractivity contribution is 4.91. The minimum absolute atomic E-state index is 0.197. The zero-order chi connectivity index (χ0) is 12.0. The maximum absolute atomic E-state index is 8.86. The fraction of sp³-hybridized carbons (Fsp3) is 0.923. The van der Waals surface area contributed by atoms with Gasteiger partial charge in [-0.3, -0.25) is 0 Å². The van der Waals surface area contributed by atoms with E-state index < -0.39 is 0 Å². The average Bonchev–Trinajstić information content (AvgIpc) is 2.20. The summed E-state index contributed by atoms with van der Waals surface area (Å²) in [5.41, 5.74) is -0.197. The van der Waals surface area contributed by atoms with Crippen LogP contribution in [-0.4, -0.2) is 26.3 Å². The van der Waals surface area contributed by atoms with Gasteiger partial charge in [0.05, 0.1) is 17.6 Å². The van der Waals surface area contributed by atoms with Crippen LogP contribution in [0.15, 0.2) is 0 Å². The largest absolute Gasteiger partial charge is 0.378 e. The lowest BCUT2D eigenvalue weighted by Gasteiger charge is -2.35. The molecule has 0 aromatic carbocycles. The van der Waals surface area contributed by atoms with Crippen LogP contribution < -0.4 is 5.32 Å². The fourth-order valence-electron chi connectivity index (χ4n) is 2.09. The third kappa shape index (κ3) is 4.51. The Morgan fingerprint density at radius 3 is 2.69 bits per heavy atom. The van der Waals surface area contributed by atoms with Crippen LogP contribution in [0.25, 0.3) is 0 Å². The van der Waals surface area contributed by atoms with Crippen LogP contribution in [0.3, 0.4) is 0 Å². The minimum atomic E-state index is -0.197. The maximum Gasteiger partial charge on any atom is 0.0683 e. The number of hydrogen-bond donors (Lipinski definition) is 1. The second-order valence-electron chi connectivity index (χ2n) is 5.49. The molecule has 0 bridgehead atoms. The number of ether oxygens (including phenoxy) is 1. The number of nitrogens with zero attached hydrogens (tertiary/aromatic N) is 1. The highest BCUT2D eigenvalue weighted by atomic mass is 16.5. The molecule has 3 nitrogen and oxygen atoms in total. The predicted molar refractivity (Wildman–Crippen MR) is 65.0 cm³/mol. The van der Waals surface area contributed by atoms with Crippen molar-refractivity contribution in [1.29, 1.82) is 5.26 Å². The molecule has 1 aliphatic rings. The summed E-state index contributed by atoms with van der Waals surface area (Å²) in [4.78, 5) is 0. The normalized spacial score (nSPS) is 24.9. The standard InChI is InChI=1S/C13H24N2O/c1-13(2,10-14)5-4-6-16-12-7-11(8-12)9-15-3/h11-12,15H,4-9H2,1-3H3. The fourth-order valence-corrected chi connectivity index (χ4v) is 2.09. The van der Waals surface area contributed by atoms with E-state index >= 15 is 0 Å². The molecule has 0 heterocycles. The third-order valence-corrected chi connectivity index (χ3v) is 3.29. The van der Waals surface area contributed by atoms with Crippen LogP contribution in [0, 0.1) is 22.7 Å². The van der Waals surface area contributed by atoms with Crippen molar-refractivity contribution >= 4 is 0 Å². The Balaban J connectivity index is 1.96. The van der Waals surface area contributed by atoms with Crippen molar-refractivity contribution < 1.29 is 4.74 Å². The van der Waals surface area contributed by atoms with Crippen LogP contribution in [0.2, 0.25) is 0 Å². The molecule has 92 valence electrons. The van der Waals surface area contributed by atoms with Gasteiger partial charge >= 0.3 is 0 Å². The quantitative estimate of drug-likeness (QED) is 0.675. The molecule has 0 aliphatic heterocycles. The van der Waals surface area contributed by atoms with E-state index in [1.165, 1.54) is 12.8 Å². The summed E-state index contributed by atoms with van der Waals surface area (Å²) >= 11 is 0. The van der Waals surface area contributed by atoms with E-state index in [1.807, 2.05) is 20.9 Å². The molecule has 1 aliphatic carbocycles. The molecule has 0 amide bonds. The molecule has 1 N–H and O–H groups in total. The van der Waals surface area contributed by atoms with Crippen molar-refractivity contribution in [3.63, 3.8) is 0 Å². The molecule has 0 saturated heterocycles. The number of rotatable bonds is 7. The van der Waals surface area contributed by atoms with Crippen molar-refractivity contribution in [1.82, 2.24) is 5.32 Å². The molecule has 0 atom stereocenters. The van der Waals surface area contributed by atoms with Crippen LogP contribution >= 0.6 is 0 Å². The first-order valence-electron chi connectivity index (χ1n) is 6.25. The molecule has 0 unspecified atom stereocenters. The number of hydrogen-bond acceptors (Lipinski definition) is 3.